The van der Waals surface area contributed by atoms with E-state index < -0.39 is 0 Å². The molecule has 0 fully saturated rings. The molecule has 1 aromatic heterocycles. The maximum Gasteiger partial charge on any atom is 0.246 e. The number of hydrogen-bond acceptors (Lipinski definition) is 2. The van der Waals surface area contributed by atoms with E-state index in [2.05, 4.69) is 0 Å². The zero-order valence-corrected chi connectivity index (χ0v) is 14.8. The van der Waals surface area contributed by atoms with E-state index in [-0.39, 0.29) is 5.91 Å². The van der Waals surface area contributed by atoms with E-state index in [4.69, 9.17) is 16.7 Å². The lowest BCUT2D eigenvalue weighted by Crippen LogP contribution is -2.18. The number of amides is 1. The molecule has 1 amide bonds. The van der Waals surface area contributed by atoms with Gasteiger partial charge in [0.25, 0.3) is 0 Å². The fraction of sp³-hybridized carbons (Fsp3) is 0.100. The largest absolute Gasteiger partial charge is 0.345 e. The summed E-state index contributed by atoms with van der Waals surface area (Å²) in [6.07, 6.45) is 5.25. The predicted octanol–water partition coefficient (Wildman–Crippen LogP) is 4.29. The normalized spacial score (nSPS) is 11.0. The third-order valence-corrected chi connectivity index (χ3v) is 3.98. The molecule has 0 aliphatic rings. The van der Waals surface area contributed by atoms with Crippen molar-refractivity contribution >= 4 is 23.6 Å². The van der Waals surface area contributed by atoms with Gasteiger partial charge in [0.05, 0.1) is 11.4 Å². The van der Waals surface area contributed by atoms with E-state index in [0.29, 0.717) is 5.02 Å². The van der Waals surface area contributed by atoms with Gasteiger partial charge in [0.15, 0.2) is 0 Å². The number of carbonyl (C=O) groups excluding carboxylic acids is 1. The lowest BCUT2D eigenvalue weighted by molar-refractivity contribution is -0.123. The number of rotatable bonds is 4. The second-order valence-corrected chi connectivity index (χ2v) is 6.22. The molecule has 0 saturated heterocycles. The van der Waals surface area contributed by atoms with Crippen LogP contribution in [0.2, 0.25) is 5.02 Å². The third kappa shape index (κ3) is 3.98. The van der Waals surface area contributed by atoms with Gasteiger partial charge in [-0.1, -0.05) is 41.9 Å². The summed E-state index contributed by atoms with van der Waals surface area (Å²) in [6.45, 7) is 0. The first-order valence-electron chi connectivity index (χ1n) is 7.85. The van der Waals surface area contributed by atoms with Gasteiger partial charge in [-0.3, -0.25) is 4.79 Å². The van der Waals surface area contributed by atoms with Crippen LogP contribution in [-0.4, -0.2) is 34.7 Å². The number of likely N-dealkylation sites (N-methyl/N-ethyl adjacent to an activating group) is 1. The zero-order chi connectivity index (χ0) is 17.8. The molecule has 25 heavy (non-hydrogen) atoms. The van der Waals surface area contributed by atoms with E-state index in [9.17, 15) is 4.79 Å². The lowest BCUT2D eigenvalue weighted by Gasteiger charge is -2.05. The van der Waals surface area contributed by atoms with Crippen LogP contribution in [0.1, 0.15) is 5.56 Å². The Morgan fingerprint density at radius 1 is 1.08 bits per heavy atom. The van der Waals surface area contributed by atoms with Crippen molar-refractivity contribution in [2.45, 2.75) is 0 Å². The second-order valence-electron chi connectivity index (χ2n) is 5.79. The van der Waals surface area contributed by atoms with Gasteiger partial charge >= 0.3 is 0 Å². The molecular weight excluding hydrogens is 334 g/mol. The Morgan fingerprint density at radius 2 is 1.76 bits per heavy atom. The third-order valence-electron chi connectivity index (χ3n) is 3.73. The van der Waals surface area contributed by atoms with Crippen LogP contribution in [0.5, 0.6) is 0 Å². The number of benzene rings is 2. The molecular formula is C20H18ClN3O. The predicted molar refractivity (Wildman–Crippen MR) is 102 cm³/mol. The Balaban J connectivity index is 2.06. The summed E-state index contributed by atoms with van der Waals surface area (Å²) < 4.78 is 1.81. The van der Waals surface area contributed by atoms with Gasteiger partial charge in [0.2, 0.25) is 5.91 Å². The van der Waals surface area contributed by atoms with Crippen molar-refractivity contribution in [1.29, 1.82) is 0 Å². The average molecular weight is 352 g/mol. The molecule has 0 radical (unpaired) electrons. The molecule has 1 heterocycles. The summed E-state index contributed by atoms with van der Waals surface area (Å²) in [7, 11) is 3.44. The molecule has 5 heteroatoms. The van der Waals surface area contributed by atoms with Crippen molar-refractivity contribution in [3.63, 3.8) is 0 Å². The summed E-state index contributed by atoms with van der Waals surface area (Å²) in [5.74, 6) is -0.0745. The van der Waals surface area contributed by atoms with Crippen LogP contribution in [0, 0.1) is 0 Å². The van der Waals surface area contributed by atoms with Gasteiger partial charge in [-0.2, -0.15) is 5.10 Å². The minimum Gasteiger partial charge on any atom is -0.345 e. The molecule has 0 unspecified atom stereocenters. The van der Waals surface area contributed by atoms with Crippen LogP contribution in [0.15, 0.2) is 66.9 Å². The van der Waals surface area contributed by atoms with Crippen molar-refractivity contribution in [3.05, 3.63) is 77.5 Å². The molecule has 0 bridgehead atoms. The minimum atomic E-state index is -0.0745. The van der Waals surface area contributed by atoms with Gasteiger partial charge < -0.3 is 4.90 Å². The van der Waals surface area contributed by atoms with E-state index in [0.717, 1.165) is 22.5 Å². The van der Waals surface area contributed by atoms with Crippen LogP contribution in [0.4, 0.5) is 0 Å². The monoisotopic (exact) mass is 351 g/mol. The van der Waals surface area contributed by atoms with Crippen molar-refractivity contribution in [2.75, 3.05) is 14.1 Å². The van der Waals surface area contributed by atoms with E-state index in [1.165, 1.54) is 4.90 Å². The molecule has 0 saturated carbocycles. The van der Waals surface area contributed by atoms with Crippen LogP contribution in [-0.2, 0) is 4.79 Å². The van der Waals surface area contributed by atoms with Crippen molar-refractivity contribution < 1.29 is 4.79 Å². The molecule has 0 atom stereocenters. The molecule has 4 nitrogen and oxygen atoms in total. The number of para-hydroxylation sites is 1. The summed E-state index contributed by atoms with van der Waals surface area (Å²) in [4.78, 5) is 13.4. The van der Waals surface area contributed by atoms with Crippen molar-refractivity contribution in [2.24, 2.45) is 0 Å². The number of nitrogens with zero attached hydrogens (tertiary/aromatic N) is 3. The molecule has 0 aliphatic carbocycles. The minimum absolute atomic E-state index is 0.0745. The van der Waals surface area contributed by atoms with Crippen LogP contribution in [0.3, 0.4) is 0 Å². The van der Waals surface area contributed by atoms with Crippen molar-refractivity contribution in [3.8, 4) is 16.9 Å². The number of carbonyl (C=O) groups is 1. The molecule has 2 aromatic carbocycles. The quantitative estimate of drug-likeness (QED) is 0.657. The van der Waals surface area contributed by atoms with Gasteiger partial charge in [0, 0.05) is 42.5 Å². The van der Waals surface area contributed by atoms with Gasteiger partial charge in [-0.05, 0) is 30.3 Å². The Kier molecular flexibility index (Phi) is 5.00. The summed E-state index contributed by atoms with van der Waals surface area (Å²) >= 11 is 5.99. The highest BCUT2D eigenvalue weighted by molar-refractivity contribution is 6.30. The van der Waals surface area contributed by atoms with Gasteiger partial charge in [-0.25, -0.2) is 4.68 Å². The maximum atomic E-state index is 11.9. The average Bonchev–Trinajstić information content (AvgIpc) is 3.05. The van der Waals surface area contributed by atoms with Crippen LogP contribution >= 0.6 is 11.6 Å². The van der Waals surface area contributed by atoms with Gasteiger partial charge in [0.1, 0.15) is 0 Å². The first-order chi connectivity index (χ1) is 12.0. The molecule has 3 aromatic rings. The van der Waals surface area contributed by atoms with Crippen LogP contribution in [0.25, 0.3) is 23.0 Å². The van der Waals surface area contributed by atoms with Gasteiger partial charge in [-0.15, -0.1) is 0 Å². The van der Waals surface area contributed by atoms with E-state index >= 15 is 0 Å². The number of halogens is 1. The smallest absolute Gasteiger partial charge is 0.246 e. The number of hydrogen-bond donors (Lipinski definition) is 0. The second kappa shape index (κ2) is 7.36. The highest BCUT2D eigenvalue weighted by Crippen LogP contribution is 2.26. The Hall–Kier alpha value is -2.85. The fourth-order valence-electron chi connectivity index (χ4n) is 2.36. The van der Waals surface area contributed by atoms with E-state index in [1.807, 2.05) is 65.5 Å². The van der Waals surface area contributed by atoms with Crippen molar-refractivity contribution in [1.82, 2.24) is 14.7 Å². The Morgan fingerprint density at radius 3 is 2.40 bits per heavy atom. The maximum absolute atomic E-state index is 11.9. The highest BCUT2D eigenvalue weighted by atomic mass is 35.5. The molecule has 0 spiro atoms. The number of aromatic nitrogens is 2. The molecule has 0 N–H and O–H groups in total. The highest BCUT2D eigenvalue weighted by Gasteiger charge is 2.11. The Bertz CT molecular complexity index is 896. The standard InChI is InChI=1S/C20H18ClN3O/c1-23(2)19(25)13-10-16-14-24(18-6-4-3-5-7-18)22-20(16)15-8-11-17(21)12-9-15/h3-14H,1-2H3/b13-10+. The summed E-state index contributed by atoms with van der Waals surface area (Å²) in [5.41, 5.74) is 3.55. The molecule has 3 rings (SSSR count). The Labute approximate surface area is 152 Å². The molecule has 126 valence electrons. The van der Waals surface area contributed by atoms with E-state index in [1.54, 1.807) is 26.2 Å². The SMILES string of the molecule is CN(C)C(=O)/C=C/c1cn(-c2ccccc2)nc1-c1ccc(Cl)cc1. The first-order valence-corrected chi connectivity index (χ1v) is 8.23. The van der Waals surface area contributed by atoms with Crippen LogP contribution < -0.4 is 0 Å². The molecule has 0 aliphatic heterocycles. The first kappa shape index (κ1) is 17.0. The summed E-state index contributed by atoms with van der Waals surface area (Å²) in [5, 5.41) is 5.37. The lowest BCUT2D eigenvalue weighted by atomic mass is 10.1. The zero-order valence-electron chi connectivity index (χ0n) is 14.1. The topological polar surface area (TPSA) is 38.1 Å². The fourth-order valence-corrected chi connectivity index (χ4v) is 2.49. The summed E-state index contributed by atoms with van der Waals surface area (Å²) in [6, 6.07) is 17.4.